The summed E-state index contributed by atoms with van der Waals surface area (Å²) in [5, 5.41) is 0. The van der Waals surface area contributed by atoms with Crippen LogP contribution in [0.4, 0.5) is 5.69 Å². The first-order valence-electron chi connectivity index (χ1n) is 12.1. The monoisotopic (exact) mass is 488 g/mol. The first kappa shape index (κ1) is 24.6. The first-order valence-corrected chi connectivity index (χ1v) is 13.5. The lowest BCUT2D eigenvalue weighted by atomic mass is 10.2. The van der Waals surface area contributed by atoms with Crippen LogP contribution in [0.15, 0.2) is 29.2 Å². The molecule has 1 aromatic heterocycles. The van der Waals surface area contributed by atoms with Crippen molar-refractivity contribution in [3.05, 3.63) is 41.2 Å². The second-order valence-corrected chi connectivity index (χ2v) is 11.1. The summed E-state index contributed by atoms with van der Waals surface area (Å²) in [6, 6.07) is 7.81. The van der Waals surface area contributed by atoms with Crippen molar-refractivity contribution >= 4 is 21.6 Å². The largest absolute Gasteiger partial charge is 0.497 e. The highest BCUT2D eigenvalue weighted by Crippen LogP contribution is 2.32. The number of carbonyl (C=O) groups excluding carboxylic acids is 1. The van der Waals surface area contributed by atoms with E-state index in [1.54, 1.807) is 14.0 Å². The number of carbonyl (C=O) groups is 1. The molecule has 2 fully saturated rings. The van der Waals surface area contributed by atoms with Gasteiger partial charge in [-0.2, -0.15) is 4.31 Å². The maximum absolute atomic E-state index is 13.9. The van der Waals surface area contributed by atoms with Crippen LogP contribution in [0, 0.1) is 13.8 Å². The summed E-state index contributed by atoms with van der Waals surface area (Å²) >= 11 is 0. The molecule has 0 bridgehead atoms. The number of piperazine rings is 1. The summed E-state index contributed by atoms with van der Waals surface area (Å²) in [5.74, 6) is 0.639. The number of aromatic nitrogens is 1. The molecule has 0 N–H and O–H groups in total. The average molecular weight is 489 g/mol. The lowest BCUT2D eigenvalue weighted by molar-refractivity contribution is 0.0757. The minimum atomic E-state index is -3.82. The van der Waals surface area contributed by atoms with Gasteiger partial charge in [-0.15, -0.1) is 0 Å². The lowest BCUT2D eigenvalue weighted by Crippen LogP contribution is -2.49. The molecule has 1 aromatic carbocycles. The standard InChI is InChI=1S/C25H36N4O4S/c1-19-23(25(30)28-13-7-5-6-8-14-28)24(20(2)26(19)3)34(31,32)29-17-15-27(16-18-29)21-9-11-22(33-4)12-10-21/h9-12H,5-8,13-18H2,1-4H3. The summed E-state index contributed by atoms with van der Waals surface area (Å²) in [5.41, 5.74) is 2.72. The van der Waals surface area contributed by atoms with Gasteiger partial charge >= 0.3 is 0 Å². The fraction of sp³-hybridized carbons (Fsp3) is 0.560. The maximum atomic E-state index is 13.9. The first-order chi connectivity index (χ1) is 16.3. The molecule has 2 aromatic rings. The van der Waals surface area contributed by atoms with Gasteiger partial charge in [0.2, 0.25) is 10.0 Å². The van der Waals surface area contributed by atoms with Crippen LogP contribution in [0.5, 0.6) is 5.75 Å². The van der Waals surface area contributed by atoms with Crippen molar-refractivity contribution in [2.24, 2.45) is 7.05 Å². The van der Waals surface area contributed by atoms with Crippen molar-refractivity contribution in [1.82, 2.24) is 13.8 Å². The van der Waals surface area contributed by atoms with E-state index in [0.29, 0.717) is 56.2 Å². The van der Waals surface area contributed by atoms with Gasteiger partial charge in [0.15, 0.2) is 0 Å². The quantitative estimate of drug-likeness (QED) is 0.646. The molecule has 0 spiro atoms. The SMILES string of the molecule is COc1ccc(N2CCN(S(=O)(=O)c3c(C(=O)N4CCCCCC4)c(C)n(C)c3C)CC2)cc1. The Labute approximate surface area is 203 Å². The van der Waals surface area contributed by atoms with Gasteiger partial charge in [-0.25, -0.2) is 8.42 Å². The van der Waals surface area contributed by atoms with Crippen LogP contribution in [-0.4, -0.2) is 74.5 Å². The van der Waals surface area contributed by atoms with Crippen LogP contribution >= 0.6 is 0 Å². The Morgan fingerprint density at radius 3 is 2.00 bits per heavy atom. The van der Waals surface area contributed by atoms with E-state index in [9.17, 15) is 13.2 Å². The highest BCUT2D eigenvalue weighted by molar-refractivity contribution is 7.89. The molecule has 4 rings (SSSR count). The summed E-state index contributed by atoms with van der Waals surface area (Å²) in [6.07, 6.45) is 4.15. The topological polar surface area (TPSA) is 75.1 Å². The summed E-state index contributed by atoms with van der Waals surface area (Å²) in [7, 11) is -0.341. The van der Waals surface area contributed by atoms with Gasteiger partial charge in [-0.1, -0.05) is 12.8 Å². The molecule has 2 aliphatic rings. The molecule has 9 heteroatoms. The van der Waals surface area contributed by atoms with Crippen molar-refractivity contribution in [3.8, 4) is 5.75 Å². The number of hydrogen-bond acceptors (Lipinski definition) is 5. The molecule has 34 heavy (non-hydrogen) atoms. The van der Waals surface area contributed by atoms with Crippen molar-refractivity contribution in [2.45, 2.75) is 44.4 Å². The molecule has 186 valence electrons. The number of nitrogens with zero attached hydrogens (tertiary/aromatic N) is 4. The minimum Gasteiger partial charge on any atom is -0.497 e. The van der Waals surface area contributed by atoms with E-state index in [1.165, 1.54) is 4.31 Å². The second-order valence-electron chi connectivity index (χ2n) is 9.23. The Bertz CT molecular complexity index is 1120. The fourth-order valence-corrected chi connectivity index (χ4v) is 6.93. The third-order valence-corrected chi connectivity index (χ3v) is 9.37. The van der Waals surface area contributed by atoms with E-state index >= 15 is 0 Å². The molecule has 0 radical (unpaired) electrons. The number of anilines is 1. The van der Waals surface area contributed by atoms with Crippen molar-refractivity contribution < 1.29 is 17.9 Å². The molecule has 1 amide bonds. The predicted molar refractivity (Wildman–Crippen MR) is 133 cm³/mol. The third kappa shape index (κ3) is 4.55. The zero-order chi connectivity index (χ0) is 24.5. The summed E-state index contributed by atoms with van der Waals surface area (Å²) in [4.78, 5) is 17.8. The van der Waals surface area contributed by atoms with Gasteiger partial charge in [0.25, 0.3) is 5.91 Å². The highest BCUT2D eigenvalue weighted by atomic mass is 32.2. The van der Waals surface area contributed by atoms with E-state index in [4.69, 9.17) is 4.74 Å². The van der Waals surface area contributed by atoms with E-state index in [-0.39, 0.29) is 10.8 Å². The third-order valence-electron chi connectivity index (χ3n) is 7.30. The zero-order valence-electron chi connectivity index (χ0n) is 20.7. The molecule has 2 saturated heterocycles. The molecular formula is C25H36N4O4S. The van der Waals surface area contributed by atoms with Gasteiger partial charge in [-0.05, 0) is 51.0 Å². The molecule has 0 aliphatic carbocycles. The van der Waals surface area contributed by atoms with E-state index in [1.807, 2.05) is 47.7 Å². The van der Waals surface area contributed by atoms with Crippen molar-refractivity contribution in [3.63, 3.8) is 0 Å². The predicted octanol–water partition coefficient (Wildman–Crippen LogP) is 3.18. The number of likely N-dealkylation sites (tertiary alicyclic amines) is 1. The number of methoxy groups -OCH3 is 1. The smallest absolute Gasteiger partial charge is 0.257 e. The van der Waals surface area contributed by atoms with Gasteiger partial charge in [0, 0.05) is 63.4 Å². The number of hydrogen-bond donors (Lipinski definition) is 0. The minimum absolute atomic E-state index is 0.154. The van der Waals surface area contributed by atoms with E-state index in [0.717, 1.165) is 37.1 Å². The Morgan fingerprint density at radius 1 is 0.853 bits per heavy atom. The normalized spacial score (nSPS) is 18.1. The summed E-state index contributed by atoms with van der Waals surface area (Å²) < 4.78 is 36.4. The Hall–Kier alpha value is -2.52. The van der Waals surface area contributed by atoms with Gasteiger partial charge in [-0.3, -0.25) is 4.79 Å². The Balaban J connectivity index is 1.58. The Kier molecular flexibility index (Phi) is 7.23. The van der Waals surface area contributed by atoms with Gasteiger partial charge in [0.05, 0.1) is 12.7 Å². The maximum Gasteiger partial charge on any atom is 0.257 e. The highest BCUT2D eigenvalue weighted by Gasteiger charge is 2.37. The van der Waals surface area contributed by atoms with Crippen molar-refractivity contribution in [2.75, 3.05) is 51.3 Å². The number of rotatable bonds is 5. The zero-order valence-corrected chi connectivity index (χ0v) is 21.5. The van der Waals surface area contributed by atoms with Gasteiger partial charge in [0.1, 0.15) is 10.6 Å². The van der Waals surface area contributed by atoms with Crippen LogP contribution in [0.25, 0.3) is 0 Å². The van der Waals surface area contributed by atoms with Crippen LogP contribution in [0.3, 0.4) is 0 Å². The number of ether oxygens (including phenoxy) is 1. The van der Waals surface area contributed by atoms with Gasteiger partial charge < -0.3 is 19.1 Å². The van der Waals surface area contributed by atoms with Crippen LogP contribution in [0.2, 0.25) is 0 Å². The molecule has 2 aliphatic heterocycles. The van der Waals surface area contributed by atoms with Crippen LogP contribution in [0.1, 0.15) is 47.4 Å². The average Bonchev–Trinajstić information content (AvgIpc) is 3.04. The molecule has 8 nitrogen and oxygen atoms in total. The van der Waals surface area contributed by atoms with Crippen molar-refractivity contribution in [1.29, 1.82) is 0 Å². The number of benzene rings is 1. The number of sulfonamides is 1. The van der Waals surface area contributed by atoms with Crippen LogP contribution < -0.4 is 9.64 Å². The molecule has 0 unspecified atom stereocenters. The van der Waals surface area contributed by atoms with Crippen LogP contribution in [-0.2, 0) is 17.1 Å². The number of amides is 1. The second kappa shape index (κ2) is 10.00. The fourth-order valence-electron chi connectivity index (χ4n) is 5.02. The molecule has 0 saturated carbocycles. The molecule has 3 heterocycles. The van der Waals surface area contributed by atoms with E-state index in [2.05, 4.69) is 4.90 Å². The lowest BCUT2D eigenvalue weighted by Gasteiger charge is -2.35. The summed E-state index contributed by atoms with van der Waals surface area (Å²) in [6.45, 7) is 6.94. The molecule has 0 atom stereocenters. The van der Waals surface area contributed by atoms with E-state index < -0.39 is 10.0 Å². The molecular weight excluding hydrogens is 452 g/mol. The Morgan fingerprint density at radius 2 is 1.44 bits per heavy atom.